The fraction of sp³-hybridized carbons (Fsp3) is 0.0566. The van der Waals surface area contributed by atoms with E-state index in [9.17, 15) is 19.2 Å². The van der Waals surface area contributed by atoms with Gasteiger partial charge in [-0.3, -0.25) is 46.6 Å². The van der Waals surface area contributed by atoms with E-state index in [1.54, 1.807) is 92.5 Å². The van der Waals surface area contributed by atoms with Crippen molar-refractivity contribution < 1.29 is 8.78 Å². The molecule has 2 aliphatic carbocycles. The normalized spacial score (nSPS) is 12.9. The summed E-state index contributed by atoms with van der Waals surface area (Å²) in [6, 6.07) is 98.5. The number of benzene rings is 11. The fourth-order valence-electron chi connectivity index (χ4n) is 16.0. The highest BCUT2D eigenvalue weighted by Crippen LogP contribution is 2.51. The second-order valence-corrected chi connectivity index (χ2v) is 30.5. The molecule has 0 N–H and O–H groups in total. The highest BCUT2D eigenvalue weighted by molar-refractivity contribution is 7.13. The predicted octanol–water partition coefficient (Wildman–Crippen LogP) is 21.3. The maximum atomic E-state index is 16.6. The number of fused-ring (bicyclic) bond motifs is 5. The van der Waals surface area contributed by atoms with Crippen molar-refractivity contribution in [2.24, 2.45) is 0 Å². The van der Waals surface area contributed by atoms with Crippen LogP contribution in [0.5, 0.6) is 0 Å². The minimum absolute atomic E-state index is 0.247. The van der Waals surface area contributed by atoms with Crippen molar-refractivity contribution >= 4 is 116 Å². The zero-order valence-electron chi connectivity index (χ0n) is 65.9. The number of halogens is 2. The van der Waals surface area contributed by atoms with E-state index in [0.29, 0.717) is 76.5 Å². The molecular weight excluding hydrogens is 1570 g/mol. The summed E-state index contributed by atoms with van der Waals surface area (Å²) >= 11 is 3.00. The molecular formula is C106H65F2N9O4S2. The Kier molecular flexibility index (Phi) is 20.7. The van der Waals surface area contributed by atoms with Crippen LogP contribution < -0.4 is 27.1 Å². The van der Waals surface area contributed by atoms with Gasteiger partial charge in [0, 0.05) is 175 Å². The van der Waals surface area contributed by atoms with Crippen molar-refractivity contribution in [1.82, 2.24) is 36.1 Å². The Labute approximate surface area is 712 Å². The van der Waals surface area contributed by atoms with Gasteiger partial charge in [0.1, 0.15) is 34.5 Å². The maximum absolute atomic E-state index is 16.6. The number of hydrogen-bond donors (Lipinski definition) is 0. The quantitative estimate of drug-likeness (QED) is 0.115. The highest BCUT2D eigenvalue weighted by atomic mass is 32.1. The van der Waals surface area contributed by atoms with E-state index in [1.807, 2.05) is 170 Å². The van der Waals surface area contributed by atoms with Gasteiger partial charge in [-0.2, -0.15) is 8.75 Å². The summed E-state index contributed by atoms with van der Waals surface area (Å²) in [6.45, 7) is 4.02. The first-order valence-corrected chi connectivity index (χ1v) is 41.3. The fourth-order valence-corrected chi connectivity index (χ4v) is 17.4. The van der Waals surface area contributed by atoms with E-state index >= 15 is 8.78 Å². The van der Waals surface area contributed by atoms with Gasteiger partial charge in [0.05, 0.1) is 44.4 Å². The minimum atomic E-state index is -0.886. The number of anilines is 3. The number of hydrogen-bond acceptors (Lipinski definition) is 9. The SMILES string of the molecule is CCn1c(=O)c2cc3c(C#Cc4ccccc4)c4cc5c(=O)n(CC)c(=O)c5cc4c(C#Cc4ccccc4)c3cc2c1=O.FC1=C(C#Cn2cccc2)c2ccc3c4c(ccc(c24)C1C#Cn1cccc1)C(C#Cn1cccc1)C(F)=C3C#Cn1cccc1.c1ccc(N(c2ccccc2)c2ccc(-c3ccc(-c4cccs4)c4nsnc34)cc2)cc1. The summed E-state index contributed by atoms with van der Waals surface area (Å²) in [5.41, 5.74) is 13.1. The summed E-state index contributed by atoms with van der Waals surface area (Å²) in [5, 5.41) is 7.42. The van der Waals surface area contributed by atoms with Crippen LogP contribution in [0.2, 0.25) is 0 Å². The van der Waals surface area contributed by atoms with Crippen molar-refractivity contribution in [3.05, 3.63) is 419 Å². The van der Waals surface area contributed by atoms with E-state index in [-0.39, 0.29) is 46.5 Å². The van der Waals surface area contributed by atoms with Crippen LogP contribution in [-0.4, -0.2) is 36.1 Å². The molecule has 8 heterocycles. The largest absolute Gasteiger partial charge is 0.311 e. The zero-order chi connectivity index (χ0) is 83.6. The van der Waals surface area contributed by atoms with E-state index in [1.165, 1.54) is 25.7 Å². The van der Waals surface area contributed by atoms with Crippen molar-refractivity contribution in [1.29, 1.82) is 0 Å². The van der Waals surface area contributed by atoms with Crippen LogP contribution in [0.3, 0.4) is 0 Å². The van der Waals surface area contributed by atoms with E-state index in [0.717, 1.165) is 66.7 Å². The first-order chi connectivity index (χ1) is 60.4. The van der Waals surface area contributed by atoms with Crippen LogP contribution in [0.1, 0.15) is 70.2 Å². The number of thiophene rings is 1. The smallest absolute Gasteiger partial charge is 0.261 e. The second kappa shape index (κ2) is 33.2. The van der Waals surface area contributed by atoms with Crippen LogP contribution >= 0.6 is 23.1 Å². The van der Waals surface area contributed by atoms with Gasteiger partial charge < -0.3 is 4.90 Å². The first kappa shape index (κ1) is 76.6. The molecule has 2 unspecified atom stereocenters. The van der Waals surface area contributed by atoms with Crippen molar-refractivity contribution in [2.45, 2.75) is 38.8 Å². The molecule has 584 valence electrons. The third-order valence-corrected chi connectivity index (χ3v) is 23.3. The number of rotatable bonds is 7. The standard InChI is InChI=1S/C40H22F2N4.C38H24N2O4.C28H19N3S2/c41-39-33(13-25-43-17-1-2-18-43)29-9-10-31-35(15-27-45-21-5-6-22-45)40(42)36(16-28-46-23-7-8-24-46)32-12-11-30(37(29)38(31)32)34(39)14-26-44-19-3-4-20-44;1-3-39-35(41)31-19-27-25(17-15-23-11-7-5-8-12-23)29-21-33-34(38(44)40(4-2)37(33)43)22-30(29)26(28(27)20-32(31)36(39)42)18-16-24-13-9-6-10-14-24;1-3-8-21(9-4-1)31(22-10-5-2-6-11-22)23-15-13-20(14-16-23)24-17-18-25(26-12-7-19-32-26)28-27(24)29-33-30-28/h1-12,17-24,33,35H;5-14,19-22H,3-4H2,1-2H3;1-19H. The number of aromatic nitrogens is 8. The monoisotopic (exact) mass is 1630 g/mol. The Morgan fingerprint density at radius 2 is 0.715 bits per heavy atom. The van der Waals surface area contributed by atoms with Crippen molar-refractivity contribution in [2.75, 3.05) is 4.90 Å². The molecule has 0 bridgehead atoms. The molecule has 0 saturated heterocycles. The Morgan fingerprint density at radius 1 is 0.358 bits per heavy atom. The van der Waals surface area contributed by atoms with E-state index in [4.69, 9.17) is 0 Å². The highest BCUT2D eigenvalue weighted by Gasteiger charge is 2.36. The lowest BCUT2D eigenvalue weighted by molar-refractivity contribution is 0.591. The molecule has 0 amide bonds. The van der Waals surface area contributed by atoms with Crippen LogP contribution in [0.4, 0.5) is 25.8 Å². The molecule has 19 aromatic rings. The van der Waals surface area contributed by atoms with E-state index in [2.05, 4.69) is 188 Å². The van der Waals surface area contributed by atoms with Crippen molar-refractivity contribution in [3.63, 3.8) is 0 Å². The lowest BCUT2D eigenvalue weighted by Gasteiger charge is -2.28. The minimum Gasteiger partial charge on any atom is -0.311 e. The molecule has 123 heavy (non-hydrogen) atoms. The topological polar surface area (TPSA) is 127 Å². The Hall–Kier alpha value is -16.4. The Morgan fingerprint density at radius 3 is 1.10 bits per heavy atom. The molecule has 0 saturated carbocycles. The van der Waals surface area contributed by atoms with Gasteiger partial charge in [-0.05, 0) is 198 Å². The van der Waals surface area contributed by atoms with Crippen LogP contribution in [0.15, 0.2) is 353 Å². The summed E-state index contributed by atoms with van der Waals surface area (Å²) in [5.74, 6) is 22.9. The van der Waals surface area contributed by atoms with E-state index < -0.39 is 23.5 Å². The third kappa shape index (κ3) is 14.5. The van der Waals surface area contributed by atoms with Gasteiger partial charge in [0.15, 0.2) is 0 Å². The molecule has 17 heteroatoms. The van der Waals surface area contributed by atoms with Gasteiger partial charge >= 0.3 is 0 Å². The Balaban J connectivity index is 0.000000123. The zero-order valence-corrected chi connectivity index (χ0v) is 67.5. The lowest BCUT2D eigenvalue weighted by atomic mass is 9.74. The lowest BCUT2D eigenvalue weighted by Crippen LogP contribution is -2.24. The molecule has 0 radical (unpaired) electrons. The molecule has 0 spiro atoms. The molecule has 2 aliphatic rings. The van der Waals surface area contributed by atoms with Gasteiger partial charge in [0.25, 0.3) is 22.2 Å². The van der Waals surface area contributed by atoms with Crippen LogP contribution in [-0.2, 0) is 13.1 Å². The molecule has 8 aromatic heterocycles. The van der Waals surface area contributed by atoms with Gasteiger partial charge in [-0.15, -0.1) is 11.3 Å². The summed E-state index contributed by atoms with van der Waals surface area (Å²) < 4.78 is 51.6. The number of nitrogens with zero attached hydrogens (tertiary/aromatic N) is 9. The van der Waals surface area contributed by atoms with Gasteiger partial charge in [0.2, 0.25) is 0 Å². The summed E-state index contributed by atoms with van der Waals surface area (Å²) in [4.78, 5) is 56.6. The second-order valence-electron chi connectivity index (χ2n) is 29.0. The first-order valence-electron chi connectivity index (χ1n) is 39.7. The average Bonchev–Trinajstić information content (AvgIpc) is 1.35. The number of allylic oxidation sites excluding steroid dienone is 4. The maximum Gasteiger partial charge on any atom is 0.261 e. The Bertz CT molecular complexity index is 7570. The molecule has 21 rings (SSSR count). The third-order valence-electron chi connectivity index (χ3n) is 21.9. The molecule has 2 atom stereocenters. The summed E-state index contributed by atoms with van der Waals surface area (Å²) in [6.07, 6.45) is 14.5. The van der Waals surface area contributed by atoms with Crippen LogP contribution in [0.25, 0.3) is 97.6 Å². The average molecular weight is 1630 g/mol. The van der Waals surface area contributed by atoms with Crippen LogP contribution in [0, 0.1) is 71.5 Å². The molecule has 0 fully saturated rings. The molecule has 11 aromatic carbocycles. The van der Waals surface area contributed by atoms with Gasteiger partial charge in [-0.25, -0.2) is 8.78 Å². The summed E-state index contributed by atoms with van der Waals surface area (Å²) in [7, 11) is 0. The molecule has 13 nitrogen and oxygen atoms in total. The number of para-hydroxylation sites is 2. The van der Waals surface area contributed by atoms with Crippen molar-refractivity contribution in [3.8, 4) is 93.1 Å². The molecule has 0 aliphatic heterocycles. The van der Waals surface area contributed by atoms with Gasteiger partial charge in [-0.1, -0.05) is 163 Å². The predicted molar refractivity (Wildman–Crippen MR) is 493 cm³/mol.